The molecule has 5 rings (SSSR count). The van der Waals surface area contributed by atoms with Gasteiger partial charge in [-0.05, 0) is 73.8 Å². The number of anilines is 1. The zero-order chi connectivity index (χ0) is 21.5. The fraction of sp³-hybridized carbons (Fsp3) is 0.400. The van der Waals surface area contributed by atoms with E-state index in [1.807, 2.05) is 29.2 Å². The summed E-state index contributed by atoms with van der Waals surface area (Å²) >= 11 is 0. The van der Waals surface area contributed by atoms with Gasteiger partial charge in [0.1, 0.15) is 0 Å². The molecule has 0 radical (unpaired) electrons. The number of likely N-dealkylation sites (tertiary alicyclic amines) is 1. The first-order chi connectivity index (χ1) is 15.0. The van der Waals surface area contributed by atoms with Gasteiger partial charge in [-0.15, -0.1) is 0 Å². The number of nitrogens with zero attached hydrogens (tertiary/aromatic N) is 2. The van der Waals surface area contributed by atoms with Gasteiger partial charge in [-0.3, -0.25) is 9.10 Å². The lowest BCUT2D eigenvalue weighted by atomic mass is 9.71. The molecule has 2 aromatic rings. The largest absolute Gasteiger partial charge is 0.338 e. The van der Waals surface area contributed by atoms with E-state index in [-0.39, 0.29) is 16.2 Å². The van der Waals surface area contributed by atoms with E-state index in [9.17, 15) is 13.2 Å². The van der Waals surface area contributed by atoms with E-state index in [0.717, 1.165) is 56.4 Å². The van der Waals surface area contributed by atoms with Crippen LogP contribution in [0.3, 0.4) is 0 Å². The van der Waals surface area contributed by atoms with Crippen LogP contribution in [0, 0.1) is 5.41 Å². The molecule has 0 N–H and O–H groups in total. The Morgan fingerprint density at radius 3 is 2.68 bits per heavy atom. The Hall–Kier alpha value is -2.60. The molecule has 2 aliphatic heterocycles. The van der Waals surface area contributed by atoms with Crippen molar-refractivity contribution in [1.29, 1.82) is 0 Å². The number of hydrogen-bond donors (Lipinski definition) is 0. The molecule has 2 heterocycles. The third-order valence-corrected chi connectivity index (χ3v) is 8.83. The fourth-order valence-corrected chi connectivity index (χ4v) is 6.90. The SMILES string of the molecule is O=C(c1cccc(S(=O)(=O)N2CCc3ccccc32)c1)N1CCCC2(CC=CCC2)C1. The van der Waals surface area contributed by atoms with Crippen LogP contribution in [0.25, 0.3) is 0 Å². The Balaban J connectivity index is 1.40. The van der Waals surface area contributed by atoms with Crippen LogP contribution >= 0.6 is 0 Å². The first kappa shape index (κ1) is 20.3. The van der Waals surface area contributed by atoms with Crippen LogP contribution in [0.15, 0.2) is 65.6 Å². The Morgan fingerprint density at radius 2 is 1.84 bits per heavy atom. The number of allylic oxidation sites excluding steroid dienone is 2. The van der Waals surface area contributed by atoms with Gasteiger partial charge in [-0.2, -0.15) is 0 Å². The number of rotatable bonds is 3. The van der Waals surface area contributed by atoms with Crippen LogP contribution < -0.4 is 4.31 Å². The molecule has 1 spiro atoms. The molecule has 1 aliphatic carbocycles. The number of piperidine rings is 1. The average Bonchev–Trinajstić information content (AvgIpc) is 3.24. The van der Waals surface area contributed by atoms with Crippen molar-refractivity contribution in [2.75, 3.05) is 23.9 Å². The summed E-state index contributed by atoms with van der Waals surface area (Å²) in [6, 6.07) is 14.2. The number of hydrogen-bond acceptors (Lipinski definition) is 3. The summed E-state index contributed by atoms with van der Waals surface area (Å²) in [5.41, 5.74) is 2.42. The van der Waals surface area contributed by atoms with E-state index in [4.69, 9.17) is 0 Å². The van der Waals surface area contributed by atoms with Gasteiger partial charge >= 0.3 is 0 Å². The summed E-state index contributed by atoms with van der Waals surface area (Å²) in [4.78, 5) is 15.4. The molecule has 1 unspecified atom stereocenters. The molecule has 5 nitrogen and oxygen atoms in total. The Morgan fingerprint density at radius 1 is 0.968 bits per heavy atom. The minimum absolute atomic E-state index is 0.0625. The predicted octanol–water partition coefficient (Wildman–Crippen LogP) is 4.40. The van der Waals surface area contributed by atoms with E-state index >= 15 is 0 Å². The summed E-state index contributed by atoms with van der Waals surface area (Å²) < 4.78 is 28.2. The highest BCUT2D eigenvalue weighted by Gasteiger charge is 2.37. The molecule has 6 heteroatoms. The van der Waals surface area contributed by atoms with Crippen molar-refractivity contribution in [2.24, 2.45) is 5.41 Å². The first-order valence-electron chi connectivity index (χ1n) is 11.1. The van der Waals surface area contributed by atoms with Gasteiger partial charge in [0, 0.05) is 25.2 Å². The highest BCUT2D eigenvalue weighted by molar-refractivity contribution is 7.92. The van der Waals surface area contributed by atoms with Crippen LogP contribution in [0.2, 0.25) is 0 Å². The van der Waals surface area contributed by atoms with E-state index < -0.39 is 10.0 Å². The zero-order valence-electron chi connectivity index (χ0n) is 17.7. The predicted molar refractivity (Wildman–Crippen MR) is 122 cm³/mol. The van der Waals surface area contributed by atoms with Crippen LogP contribution in [0.4, 0.5) is 5.69 Å². The number of carbonyl (C=O) groups excluding carboxylic acids is 1. The molecule has 1 saturated heterocycles. The maximum absolute atomic E-state index is 13.4. The van der Waals surface area contributed by atoms with Crippen LogP contribution in [0.5, 0.6) is 0 Å². The number of carbonyl (C=O) groups is 1. The second kappa shape index (κ2) is 7.83. The third-order valence-electron chi connectivity index (χ3n) is 7.02. The minimum Gasteiger partial charge on any atom is -0.338 e. The second-order valence-corrected chi connectivity index (χ2v) is 10.9. The monoisotopic (exact) mass is 436 g/mol. The van der Waals surface area contributed by atoms with Gasteiger partial charge in [0.05, 0.1) is 10.6 Å². The molecule has 2 aromatic carbocycles. The van der Waals surface area contributed by atoms with E-state index in [0.29, 0.717) is 18.5 Å². The third kappa shape index (κ3) is 3.67. The van der Waals surface area contributed by atoms with Crippen molar-refractivity contribution in [3.8, 4) is 0 Å². The summed E-state index contributed by atoms with van der Waals surface area (Å²) in [5.74, 6) is -0.0625. The molecule has 0 aromatic heterocycles. The van der Waals surface area contributed by atoms with Gasteiger partial charge in [0.15, 0.2) is 0 Å². The van der Waals surface area contributed by atoms with Gasteiger partial charge in [-0.1, -0.05) is 36.4 Å². The molecule has 3 aliphatic rings. The Labute approximate surface area is 184 Å². The molecule has 0 saturated carbocycles. The lowest BCUT2D eigenvalue weighted by Crippen LogP contribution is -2.46. The van der Waals surface area contributed by atoms with Crippen molar-refractivity contribution in [1.82, 2.24) is 4.90 Å². The number of sulfonamides is 1. The van der Waals surface area contributed by atoms with Crippen LogP contribution in [-0.4, -0.2) is 38.9 Å². The quantitative estimate of drug-likeness (QED) is 0.670. The van der Waals surface area contributed by atoms with Crippen molar-refractivity contribution in [3.05, 3.63) is 71.8 Å². The first-order valence-corrected chi connectivity index (χ1v) is 12.6. The van der Waals surface area contributed by atoms with E-state index in [1.54, 1.807) is 24.3 Å². The summed E-state index contributed by atoms with van der Waals surface area (Å²) in [6.07, 6.45) is 10.6. The topological polar surface area (TPSA) is 57.7 Å². The van der Waals surface area contributed by atoms with E-state index in [1.165, 1.54) is 4.31 Å². The maximum Gasteiger partial charge on any atom is 0.264 e. The highest BCUT2D eigenvalue weighted by atomic mass is 32.2. The number of fused-ring (bicyclic) bond motifs is 1. The second-order valence-electron chi connectivity index (χ2n) is 9.03. The van der Waals surface area contributed by atoms with Crippen molar-refractivity contribution >= 4 is 21.6 Å². The van der Waals surface area contributed by atoms with Crippen molar-refractivity contribution in [3.63, 3.8) is 0 Å². The minimum atomic E-state index is -3.71. The lowest BCUT2D eigenvalue weighted by molar-refractivity contribution is 0.0484. The molecule has 31 heavy (non-hydrogen) atoms. The average molecular weight is 437 g/mol. The standard InChI is InChI=1S/C25H28N2O3S/c28-24(26-16-7-15-25(19-26)13-4-1-5-14-25)21-9-6-10-22(18-21)31(29,30)27-17-12-20-8-2-3-11-23(20)27/h1-4,6,8-11,18H,5,7,12-17,19H2. The number of benzene rings is 2. The highest BCUT2D eigenvalue weighted by Crippen LogP contribution is 2.41. The lowest BCUT2D eigenvalue weighted by Gasteiger charge is -2.44. The molecule has 162 valence electrons. The molecular weight excluding hydrogens is 408 g/mol. The summed E-state index contributed by atoms with van der Waals surface area (Å²) in [5, 5.41) is 0. The van der Waals surface area contributed by atoms with Gasteiger partial charge in [0.25, 0.3) is 15.9 Å². The zero-order valence-corrected chi connectivity index (χ0v) is 18.5. The van der Waals surface area contributed by atoms with Crippen LogP contribution in [-0.2, 0) is 16.4 Å². The Kier molecular flexibility index (Phi) is 5.13. The molecule has 1 atom stereocenters. The van der Waals surface area contributed by atoms with E-state index in [2.05, 4.69) is 12.2 Å². The normalized spacial score (nSPS) is 23.2. The summed E-state index contributed by atoms with van der Waals surface area (Å²) in [6.45, 7) is 1.93. The van der Waals surface area contributed by atoms with Gasteiger partial charge in [-0.25, -0.2) is 8.42 Å². The van der Waals surface area contributed by atoms with Crippen molar-refractivity contribution < 1.29 is 13.2 Å². The van der Waals surface area contributed by atoms with Crippen molar-refractivity contribution in [2.45, 2.75) is 43.4 Å². The van der Waals surface area contributed by atoms with Gasteiger partial charge < -0.3 is 4.90 Å². The Bertz CT molecular complexity index is 1140. The fourth-order valence-electron chi connectivity index (χ4n) is 5.35. The molecule has 0 bridgehead atoms. The van der Waals surface area contributed by atoms with Gasteiger partial charge in [0.2, 0.25) is 0 Å². The smallest absolute Gasteiger partial charge is 0.264 e. The number of para-hydroxylation sites is 1. The molecule has 1 fully saturated rings. The molecule has 1 amide bonds. The summed E-state index contributed by atoms with van der Waals surface area (Å²) in [7, 11) is -3.71. The maximum atomic E-state index is 13.4. The molecular formula is C25H28N2O3S. The van der Waals surface area contributed by atoms with Crippen LogP contribution in [0.1, 0.15) is 48.0 Å². The number of amides is 1.